The number of halogens is 1. The van der Waals surface area contributed by atoms with Crippen molar-refractivity contribution < 1.29 is 9.90 Å². The molecule has 1 heterocycles. The van der Waals surface area contributed by atoms with Crippen LogP contribution in [0.1, 0.15) is 11.9 Å². The van der Waals surface area contributed by atoms with Gasteiger partial charge in [0, 0.05) is 22.3 Å². The fourth-order valence-electron chi connectivity index (χ4n) is 1.52. The molecular formula is C12H11ClN2O2S. The van der Waals surface area contributed by atoms with Gasteiger partial charge >= 0.3 is 5.97 Å². The van der Waals surface area contributed by atoms with Crippen LogP contribution in [-0.4, -0.2) is 16.1 Å². The maximum atomic E-state index is 11.5. The number of carbonyl (C=O) groups is 1. The number of anilines is 1. The molecule has 0 aliphatic heterocycles. The monoisotopic (exact) mass is 282 g/mol. The predicted molar refractivity (Wildman–Crippen MR) is 72.2 cm³/mol. The highest BCUT2D eigenvalue weighted by molar-refractivity contribution is 7.09. The van der Waals surface area contributed by atoms with E-state index in [4.69, 9.17) is 11.6 Å². The fraction of sp³-hybridized carbons (Fsp3) is 0.167. The number of carboxylic acid groups (broad SMARTS) is 1. The van der Waals surface area contributed by atoms with E-state index >= 15 is 0 Å². The molecule has 1 aromatic carbocycles. The molecule has 0 bridgehead atoms. The molecule has 6 heteroatoms. The van der Waals surface area contributed by atoms with Crippen LogP contribution in [-0.2, 0) is 10.3 Å². The normalized spacial score (nSPS) is 13.9. The molecule has 18 heavy (non-hydrogen) atoms. The van der Waals surface area contributed by atoms with Crippen molar-refractivity contribution in [2.45, 2.75) is 12.5 Å². The van der Waals surface area contributed by atoms with Crippen molar-refractivity contribution in [2.75, 3.05) is 5.32 Å². The maximum Gasteiger partial charge on any atom is 0.336 e. The number of benzene rings is 1. The van der Waals surface area contributed by atoms with E-state index in [1.165, 1.54) is 11.3 Å². The maximum absolute atomic E-state index is 11.5. The largest absolute Gasteiger partial charge is 0.479 e. The third-order valence-electron chi connectivity index (χ3n) is 2.51. The third-order valence-corrected chi connectivity index (χ3v) is 3.74. The number of thiazole rings is 1. The van der Waals surface area contributed by atoms with Crippen LogP contribution in [0.2, 0.25) is 5.02 Å². The lowest BCUT2D eigenvalue weighted by Gasteiger charge is -2.25. The van der Waals surface area contributed by atoms with E-state index in [9.17, 15) is 9.90 Å². The van der Waals surface area contributed by atoms with E-state index < -0.39 is 11.5 Å². The highest BCUT2D eigenvalue weighted by atomic mass is 35.5. The topological polar surface area (TPSA) is 62.2 Å². The zero-order valence-electron chi connectivity index (χ0n) is 9.55. The molecule has 1 aromatic heterocycles. The Balaban J connectivity index is 2.36. The Bertz CT molecular complexity index is 559. The number of aliphatic carboxylic acids is 1. The van der Waals surface area contributed by atoms with Gasteiger partial charge in [-0.2, -0.15) is 0 Å². The summed E-state index contributed by atoms with van der Waals surface area (Å²) >= 11 is 7.17. The van der Waals surface area contributed by atoms with Gasteiger partial charge in [-0.1, -0.05) is 17.7 Å². The number of aromatic nitrogens is 1. The van der Waals surface area contributed by atoms with Crippen LogP contribution in [0.5, 0.6) is 0 Å². The second-order valence-corrected chi connectivity index (χ2v) is 5.23. The quantitative estimate of drug-likeness (QED) is 0.904. The number of nitrogens with one attached hydrogen (secondary N) is 1. The number of carboxylic acids is 1. The molecule has 2 rings (SSSR count). The molecule has 0 aliphatic carbocycles. The number of hydrogen-bond acceptors (Lipinski definition) is 4. The van der Waals surface area contributed by atoms with E-state index in [1.54, 1.807) is 42.8 Å². The minimum atomic E-state index is -1.27. The van der Waals surface area contributed by atoms with Crippen LogP contribution in [0.4, 0.5) is 5.69 Å². The van der Waals surface area contributed by atoms with Gasteiger partial charge in [0.2, 0.25) is 0 Å². The van der Waals surface area contributed by atoms with Gasteiger partial charge in [-0.15, -0.1) is 11.3 Å². The standard InChI is InChI=1S/C12H11ClN2O2S/c1-12(11(16)17,10-14-5-6-18-10)15-9-4-2-3-8(13)7-9/h2-7,15H,1H3,(H,16,17). The van der Waals surface area contributed by atoms with Crippen LogP contribution in [0.15, 0.2) is 35.8 Å². The predicted octanol–water partition coefficient (Wildman–Crippen LogP) is 3.21. The fourth-order valence-corrected chi connectivity index (χ4v) is 2.46. The van der Waals surface area contributed by atoms with Gasteiger partial charge in [-0.05, 0) is 25.1 Å². The molecule has 94 valence electrons. The average Bonchev–Trinajstić information content (AvgIpc) is 2.82. The molecular weight excluding hydrogens is 272 g/mol. The van der Waals surface area contributed by atoms with Crippen molar-refractivity contribution in [3.8, 4) is 0 Å². The van der Waals surface area contributed by atoms with Crippen molar-refractivity contribution >= 4 is 34.6 Å². The number of hydrogen-bond donors (Lipinski definition) is 2. The summed E-state index contributed by atoms with van der Waals surface area (Å²) in [7, 11) is 0. The molecule has 2 N–H and O–H groups in total. The highest BCUT2D eigenvalue weighted by Crippen LogP contribution is 2.29. The zero-order chi connectivity index (χ0) is 13.2. The first-order valence-electron chi connectivity index (χ1n) is 5.19. The summed E-state index contributed by atoms with van der Waals surface area (Å²) in [6.45, 7) is 1.58. The number of rotatable bonds is 4. The number of nitrogens with zero attached hydrogens (tertiary/aromatic N) is 1. The van der Waals surface area contributed by atoms with Crippen molar-refractivity contribution in [3.63, 3.8) is 0 Å². The summed E-state index contributed by atoms with van der Waals surface area (Å²) in [4.78, 5) is 15.6. The van der Waals surface area contributed by atoms with E-state index in [2.05, 4.69) is 10.3 Å². The molecule has 0 saturated heterocycles. The summed E-state index contributed by atoms with van der Waals surface area (Å²) in [5.41, 5.74) is -0.624. The van der Waals surface area contributed by atoms with E-state index in [0.29, 0.717) is 15.7 Å². The summed E-state index contributed by atoms with van der Waals surface area (Å²) in [6, 6.07) is 6.93. The van der Waals surface area contributed by atoms with E-state index in [1.807, 2.05) is 0 Å². The second kappa shape index (κ2) is 4.96. The Kier molecular flexibility index (Phi) is 3.54. The first-order chi connectivity index (χ1) is 8.52. The van der Waals surface area contributed by atoms with Gasteiger partial charge < -0.3 is 10.4 Å². The third kappa shape index (κ3) is 2.47. The van der Waals surface area contributed by atoms with Crippen LogP contribution in [0.3, 0.4) is 0 Å². The van der Waals surface area contributed by atoms with E-state index in [0.717, 1.165) is 0 Å². The van der Waals surface area contributed by atoms with Gasteiger partial charge in [0.1, 0.15) is 5.01 Å². The molecule has 0 amide bonds. The zero-order valence-corrected chi connectivity index (χ0v) is 11.1. The Morgan fingerprint density at radius 1 is 1.56 bits per heavy atom. The van der Waals surface area contributed by atoms with Crippen molar-refractivity contribution in [1.82, 2.24) is 4.98 Å². The van der Waals surface area contributed by atoms with Crippen molar-refractivity contribution in [1.29, 1.82) is 0 Å². The van der Waals surface area contributed by atoms with Gasteiger partial charge in [-0.25, -0.2) is 9.78 Å². The first-order valence-corrected chi connectivity index (χ1v) is 6.45. The molecule has 4 nitrogen and oxygen atoms in total. The molecule has 0 saturated carbocycles. The minimum Gasteiger partial charge on any atom is -0.479 e. The van der Waals surface area contributed by atoms with Gasteiger partial charge in [0.05, 0.1) is 0 Å². The van der Waals surface area contributed by atoms with Crippen LogP contribution >= 0.6 is 22.9 Å². The summed E-state index contributed by atoms with van der Waals surface area (Å²) in [5.74, 6) is -0.988. The Morgan fingerprint density at radius 3 is 2.89 bits per heavy atom. The minimum absolute atomic E-state index is 0.495. The lowest BCUT2D eigenvalue weighted by molar-refractivity contribution is -0.142. The second-order valence-electron chi connectivity index (χ2n) is 3.90. The highest BCUT2D eigenvalue weighted by Gasteiger charge is 2.37. The summed E-state index contributed by atoms with van der Waals surface area (Å²) in [5, 5.41) is 15.2. The molecule has 2 aromatic rings. The SMILES string of the molecule is CC(Nc1cccc(Cl)c1)(C(=O)O)c1nccs1. The van der Waals surface area contributed by atoms with Gasteiger partial charge in [0.15, 0.2) is 5.54 Å². The van der Waals surface area contributed by atoms with E-state index in [-0.39, 0.29) is 0 Å². The summed E-state index contributed by atoms with van der Waals surface area (Å²) < 4.78 is 0. The van der Waals surface area contributed by atoms with Crippen LogP contribution < -0.4 is 5.32 Å². The average molecular weight is 283 g/mol. The van der Waals surface area contributed by atoms with Crippen LogP contribution in [0.25, 0.3) is 0 Å². The van der Waals surface area contributed by atoms with Gasteiger partial charge in [0.25, 0.3) is 0 Å². The molecule has 1 atom stereocenters. The smallest absolute Gasteiger partial charge is 0.336 e. The lowest BCUT2D eigenvalue weighted by atomic mass is 10.0. The Hall–Kier alpha value is -1.59. The van der Waals surface area contributed by atoms with Crippen LogP contribution in [0, 0.1) is 0 Å². The first kappa shape index (κ1) is 12.9. The molecule has 0 fully saturated rings. The van der Waals surface area contributed by atoms with Gasteiger partial charge in [-0.3, -0.25) is 0 Å². The Morgan fingerprint density at radius 2 is 2.33 bits per heavy atom. The molecule has 0 spiro atoms. The Labute approximate surface area is 113 Å². The lowest BCUT2D eigenvalue weighted by Crippen LogP contribution is -2.40. The molecule has 0 radical (unpaired) electrons. The molecule has 1 unspecified atom stereocenters. The summed E-state index contributed by atoms with van der Waals surface area (Å²) in [6.07, 6.45) is 1.58. The van der Waals surface area contributed by atoms with Crippen molar-refractivity contribution in [2.24, 2.45) is 0 Å². The van der Waals surface area contributed by atoms with Crippen molar-refractivity contribution in [3.05, 3.63) is 45.9 Å². The molecule has 0 aliphatic rings.